The summed E-state index contributed by atoms with van der Waals surface area (Å²) in [5.74, 6) is 2.33. The highest BCUT2D eigenvalue weighted by atomic mass is 35.5. The van der Waals surface area contributed by atoms with Crippen LogP contribution in [-0.2, 0) is 20.2 Å². The van der Waals surface area contributed by atoms with E-state index in [1.54, 1.807) is 19.4 Å². The Kier molecular flexibility index (Phi) is 14.0. The van der Waals surface area contributed by atoms with Gasteiger partial charge in [0.05, 0.1) is 48.9 Å². The number of fused-ring (bicyclic) bond motifs is 1. The van der Waals surface area contributed by atoms with Crippen LogP contribution >= 0.6 is 20.2 Å². The van der Waals surface area contributed by atoms with Crippen molar-refractivity contribution in [2.24, 2.45) is 0 Å². The second-order valence-electron chi connectivity index (χ2n) is 14.4. The summed E-state index contributed by atoms with van der Waals surface area (Å²) in [4.78, 5) is 13.4. The van der Waals surface area contributed by atoms with Crippen molar-refractivity contribution in [1.82, 2.24) is 20.3 Å². The second kappa shape index (κ2) is 17.8. The van der Waals surface area contributed by atoms with Crippen molar-refractivity contribution in [2.45, 2.75) is 91.6 Å². The second-order valence-corrected chi connectivity index (χ2v) is 15.9. The third-order valence-corrected chi connectivity index (χ3v) is 9.02. The number of halogens is 1. The predicted molar refractivity (Wildman–Crippen MR) is 201 cm³/mol. The molecule has 13 heteroatoms. The molecule has 0 atom stereocenters. The van der Waals surface area contributed by atoms with Gasteiger partial charge >= 0.3 is 8.60 Å². The van der Waals surface area contributed by atoms with Crippen LogP contribution in [-0.4, -0.2) is 58.6 Å². The van der Waals surface area contributed by atoms with Gasteiger partial charge in [-0.25, -0.2) is 15.0 Å². The normalized spacial score (nSPS) is 12.4. The molecule has 0 saturated carbocycles. The maximum Gasteiger partial charge on any atom is 0.333 e. The lowest BCUT2D eigenvalue weighted by molar-refractivity contribution is 0.0310. The van der Waals surface area contributed by atoms with Gasteiger partial charge in [-0.3, -0.25) is 0 Å². The summed E-state index contributed by atoms with van der Waals surface area (Å²) in [6, 6.07) is 15.0. The molecule has 50 heavy (non-hydrogen) atoms. The van der Waals surface area contributed by atoms with Gasteiger partial charge in [0.2, 0.25) is 5.88 Å². The number of rotatable bonds is 18. The summed E-state index contributed by atoms with van der Waals surface area (Å²) < 4.78 is 35.8. The third-order valence-electron chi connectivity index (χ3n) is 7.00. The van der Waals surface area contributed by atoms with E-state index in [1.807, 2.05) is 84.0 Å². The molecule has 2 aromatic heterocycles. The van der Waals surface area contributed by atoms with Crippen molar-refractivity contribution in [3.63, 3.8) is 0 Å². The summed E-state index contributed by atoms with van der Waals surface area (Å²) in [6.07, 6.45) is 4.79. The quantitative estimate of drug-likeness (QED) is 0.0754. The number of hydrogen-bond donors (Lipinski definition) is 2. The number of pyridine rings is 1. The van der Waals surface area contributed by atoms with E-state index in [9.17, 15) is 0 Å². The monoisotopic (exact) mass is 727 g/mol. The Hall–Kier alpha value is -3.31. The molecule has 0 bridgehead atoms. The Labute approximate surface area is 302 Å². The van der Waals surface area contributed by atoms with E-state index in [2.05, 4.69) is 39.4 Å². The van der Waals surface area contributed by atoms with Crippen LogP contribution < -0.4 is 24.8 Å². The zero-order valence-corrected chi connectivity index (χ0v) is 32.3. The lowest BCUT2D eigenvalue weighted by atomic mass is 10.0. The first-order valence-corrected chi connectivity index (χ1v) is 18.2. The van der Waals surface area contributed by atoms with E-state index in [0.29, 0.717) is 48.0 Å². The van der Waals surface area contributed by atoms with Crippen molar-refractivity contribution in [3.8, 4) is 17.4 Å². The third kappa shape index (κ3) is 13.4. The molecule has 2 aromatic carbocycles. The molecule has 4 aromatic rings. The molecule has 0 amide bonds. The van der Waals surface area contributed by atoms with Gasteiger partial charge in [0.25, 0.3) is 0 Å². The summed E-state index contributed by atoms with van der Waals surface area (Å²) in [7, 11) is 0.158. The molecule has 0 saturated heterocycles. The summed E-state index contributed by atoms with van der Waals surface area (Å²) in [5, 5.41) is 8.39. The highest BCUT2D eigenvalue weighted by Gasteiger charge is 2.28. The largest absolute Gasteiger partial charge is 0.493 e. The molecule has 0 spiro atoms. The SMILES string of the molecule is COc1cc2c(Nc3ccc(OCc4cccc(Cl)c4)nc3)ncnc2cc1OCCCNC(C)(C)CCOP(OC(C)(C)C)OC(C)(C)C. The van der Waals surface area contributed by atoms with Gasteiger partial charge in [-0.2, -0.15) is 0 Å². The number of aromatic nitrogens is 3. The van der Waals surface area contributed by atoms with Crippen LogP contribution in [0.15, 0.2) is 61.1 Å². The van der Waals surface area contributed by atoms with E-state index in [-0.39, 0.29) is 16.7 Å². The molecule has 0 fully saturated rings. The Morgan fingerprint density at radius 3 is 2.24 bits per heavy atom. The number of nitrogens with zero attached hydrogens (tertiary/aromatic N) is 3. The summed E-state index contributed by atoms with van der Waals surface area (Å²) in [5.41, 5.74) is 1.58. The molecule has 0 aliphatic heterocycles. The van der Waals surface area contributed by atoms with Crippen LogP contribution in [0.4, 0.5) is 11.5 Å². The highest BCUT2D eigenvalue weighted by Crippen LogP contribution is 2.47. The standard InChI is InChI=1S/C37H51ClN5O6P/c1-35(2,3)48-50(49-36(4,5)6)47-19-16-37(7,8)42-17-11-18-45-32-22-30-29(21-31(32)44-9)34(41-25-40-30)43-28-14-15-33(39-23-28)46-24-26-12-10-13-27(38)20-26/h10,12-15,20-23,25,42H,11,16-19,24H2,1-9H3,(H,40,41,43). The van der Waals surface area contributed by atoms with Crippen molar-refractivity contribution in [1.29, 1.82) is 0 Å². The van der Waals surface area contributed by atoms with Gasteiger partial charge in [-0.1, -0.05) is 23.7 Å². The minimum Gasteiger partial charge on any atom is -0.493 e. The van der Waals surface area contributed by atoms with Gasteiger partial charge in [-0.05, 0) is 105 Å². The number of methoxy groups -OCH3 is 1. The number of anilines is 2. The molecule has 0 unspecified atom stereocenters. The minimum atomic E-state index is -1.46. The number of hydrogen-bond acceptors (Lipinski definition) is 11. The molecule has 272 valence electrons. The Morgan fingerprint density at radius 2 is 1.58 bits per heavy atom. The van der Waals surface area contributed by atoms with Gasteiger partial charge in [-0.15, -0.1) is 0 Å². The van der Waals surface area contributed by atoms with Crippen LogP contribution in [0.5, 0.6) is 17.4 Å². The average molecular weight is 728 g/mol. The van der Waals surface area contributed by atoms with E-state index in [0.717, 1.165) is 41.5 Å². The Balaban J connectivity index is 1.27. The molecule has 0 radical (unpaired) electrons. The fourth-order valence-corrected chi connectivity index (χ4v) is 6.05. The molecule has 2 N–H and O–H groups in total. The first-order valence-electron chi connectivity index (χ1n) is 16.7. The van der Waals surface area contributed by atoms with E-state index in [1.165, 1.54) is 6.33 Å². The number of benzene rings is 2. The molecule has 0 aliphatic carbocycles. The number of ether oxygens (including phenoxy) is 3. The lowest BCUT2D eigenvalue weighted by Gasteiger charge is -2.32. The fourth-order valence-electron chi connectivity index (χ4n) is 4.56. The topological polar surface area (TPSA) is 118 Å². The van der Waals surface area contributed by atoms with Gasteiger partial charge < -0.3 is 38.4 Å². The molecular formula is C37H51ClN5O6P. The lowest BCUT2D eigenvalue weighted by Crippen LogP contribution is -2.41. The highest BCUT2D eigenvalue weighted by molar-refractivity contribution is 7.41. The van der Waals surface area contributed by atoms with Crippen LogP contribution in [0.2, 0.25) is 5.02 Å². The Morgan fingerprint density at radius 1 is 0.820 bits per heavy atom. The van der Waals surface area contributed by atoms with Crippen molar-refractivity contribution in [3.05, 3.63) is 71.6 Å². The van der Waals surface area contributed by atoms with E-state index >= 15 is 0 Å². The predicted octanol–water partition coefficient (Wildman–Crippen LogP) is 9.41. The van der Waals surface area contributed by atoms with Gasteiger partial charge in [0.1, 0.15) is 18.8 Å². The number of nitrogens with one attached hydrogen (secondary N) is 2. The van der Waals surface area contributed by atoms with Crippen molar-refractivity contribution in [2.75, 3.05) is 32.2 Å². The molecule has 2 heterocycles. The summed E-state index contributed by atoms with van der Waals surface area (Å²) in [6.45, 7) is 18.5. The molecule has 4 rings (SSSR count). The van der Waals surface area contributed by atoms with Gasteiger partial charge in [0.15, 0.2) is 11.5 Å². The average Bonchev–Trinajstić information content (AvgIpc) is 3.02. The van der Waals surface area contributed by atoms with E-state index < -0.39 is 8.60 Å². The van der Waals surface area contributed by atoms with Crippen LogP contribution in [0, 0.1) is 0 Å². The smallest absolute Gasteiger partial charge is 0.333 e. The zero-order valence-electron chi connectivity index (χ0n) is 30.6. The maximum absolute atomic E-state index is 6.16. The fraction of sp³-hybridized carbons (Fsp3) is 0.486. The van der Waals surface area contributed by atoms with Crippen LogP contribution in [0.3, 0.4) is 0 Å². The Bertz CT molecular complexity index is 1650. The van der Waals surface area contributed by atoms with Crippen LogP contribution in [0.25, 0.3) is 10.9 Å². The van der Waals surface area contributed by atoms with Crippen LogP contribution in [0.1, 0.15) is 73.8 Å². The zero-order chi connectivity index (χ0) is 36.4. The summed E-state index contributed by atoms with van der Waals surface area (Å²) >= 11 is 6.07. The molecule has 0 aliphatic rings. The first kappa shape index (κ1) is 39.5. The van der Waals surface area contributed by atoms with E-state index in [4.69, 9.17) is 39.4 Å². The maximum atomic E-state index is 6.16. The minimum absolute atomic E-state index is 0.148. The first-order chi connectivity index (χ1) is 23.6. The molecular weight excluding hydrogens is 677 g/mol. The van der Waals surface area contributed by atoms with Crippen molar-refractivity contribution < 1.29 is 27.8 Å². The molecule has 11 nitrogen and oxygen atoms in total. The van der Waals surface area contributed by atoms with Gasteiger partial charge in [0, 0.05) is 28.1 Å². The van der Waals surface area contributed by atoms with Crippen molar-refractivity contribution >= 4 is 42.6 Å².